The third-order valence-electron chi connectivity index (χ3n) is 2.34. The van der Waals surface area contributed by atoms with Gasteiger partial charge in [0.2, 0.25) is 0 Å². The van der Waals surface area contributed by atoms with Gasteiger partial charge in [-0.25, -0.2) is 9.37 Å². The van der Waals surface area contributed by atoms with Crippen LogP contribution in [0.5, 0.6) is 0 Å². The quantitative estimate of drug-likeness (QED) is 0.943. The monoisotopic (exact) mass is 298 g/mol. The molecule has 1 heterocycles. The maximum absolute atomic E-state index is 12.9. The van der Waals surface area contributed by atoms with E-state index in [2.05, 4.69) is 20.9 Å². The van der Waals surface area contributed by atoms with E-state index >= 15 is 0 Å². The molecule has 0 bridgehead atoms. The Balaban J connectivity index is 2.24. The van der Waals surface area contributed by atoms with E-state index in [1.54, 1.807) is 12.3 Å². The highest BCUT2D eigenvalue weighted by molar-refractivity contribution is 9.10. The standard InChI is InChI=1S/C12H12BrFN2O/c13-10-6-8(14)3-4-9(10)11-7-16-12(17-11)2-1-5-15/h3-4,6-7H,1-2,5,15H2. The van der Waals surface area contributed by atoms with Crippen molar-refractivity contribution in [1.82, 2.24) is 4.98 Å². The molecule has 90 valence electrons. The third-order valence-corrected chi connectivity index (χ3v) is 3.00. The average Bonchev–Trinajstić information content (AvgIpc) is 2.75. The van der Waals surface area contributed by atoms with Gasteiger partial charge in [-0.05, 0) is 47.1 Å². The lowest BCUT2D eigenvalue weighted by atomic mass is 10.2. The van der Waals surface area contributed by atoms with Crippen LogP contribution in [0.4, 0.5) is 4.39 Å². The van der Waals surface area contributed by atoms with Gasteiger partial charge in [0.25, 0.3) is 0 Å². The zero-order valence-electron chi connectivity index (χ0n) is 9.12. The predicted octanol–water partition coefficient (Wildman–Crippen LogP) is 3.13. The number of nitrogens with two attached hydrogens (primary N) is 1. The van der Waals surface area contributed by atoms with Crippen LogP contribution < -0.4 is 5.73 Å². The molecular formula is C12H12BrFN2O. The van der Waals surface area contributed by atoms with Gasteiger partial charge < -0.3 is 10.2 Å². The lowest BCUT2D eigenvalue weighted by molar-refractivity contribution is 0.499. The molecule has 0 fully saturated rings. The van der Waals surface area contributed by atoms with E-state index in [1.807, 2.05) is 0 Å². The highest BCUT2D eigenvalue weighted by atomic mass is 79.9. The molecule has 0 saturated heterocycles. The van der Waals surface area contributed by atoms with Crippen molar-refractivity contribution in [3.8, 4) is 11.3 Å². The molecule has 0 aliphatic heterocycles. The number of benzene rings is 1. The number of nitrogens with zero attached hydrogens (tertiary/aromatic N) is 1. The van der Waals surface area contributed by atoms with Crippen molar-refractivity contribution in [3.05, 3.63) is 40.6 Å². The average molecular weight is 299 g/mol. The molecule has 0 spiro atoms. The van der Waals surface area contributed by atoms with E-state index in [9.17, 15) is 4.39 Å². The lowest BCUT2D eigenvalue weighted by Gasteiger charge is -2.00. The summed E-state index contributed by atoms with van der Waals surface area (Å²) >= 11 is 3.30. The van der Waals surface area contributed by atoms with Gasteiger partial charge in [0, 0.05) is 16.5 Å². The molecule has 0 amide bonds. The molecule has 0 aliphatic rings. The second kappa shape index (κ2) is 5.42. The van der Waals surface area contributed by atoms with E-state index in [0.29, 0.717) is 22.7 Å². The first-order chi connectivity index (χ1) is 8.20. The summed E-state index contributed by atoms with van der Waals surface area (Å²) in [6.07, 6.45) is 3.20. The number of oxazole rings is 1. The van der Waals surface area contributed by atoms with E-state index in [0.717, 1.165) is 18.4 Å². The van der Waals surface area contributed by atoms with Crippen LogP contribution in [0.15, 0.2) is 33.3 Å². The summed E-state index contributed by atoms with van der Waals surface area (Å²) in [5.41, 5.74) is 6.21. The smallest absolute Gasteiger partial charge is 0.194 e. The van der Waals surface area contributed by atoms with Crippen LogP contribution in [-0.4, -0.2) is 11.5 Å². The van der Waals surface area contributed by atoms with Crippen molar-refractivity contribution in [3.63, 3.8) is 0 Å². The van der Waals surface area contributed by atoms with Gasteiger partial charge in [0.1, 0.15) is 5.82 Å². The summed E-state index contributed by atoms with van der Waals surface area (Å²) in [4.78, 5) is 4.16. The number of aromatic nitrogens is 1. The Morgan fingerprint density at radius 2 is 2.24 bits per heavy atom. The van der Waals surface area contributed by atoms with Gasteiger partial charge in [-0.15, -0.1) is 0 Å². The van der Waals surface area contributed by atoms with Crippen molar-refractivity contribution < 1.29 is 8.81 Å². The number of aryl methyl sites for hydroxylation is 1. The van der Waals surface area contributed by atoms with Gasteiger partial charge >= 0.3 is 0 Å². The molecule has 0 saturated carbocycles. The van der Waals surface area contributed by atoms with Crippen molar-refractivity contribution in [2.75, 3.05) is 6.54 Å². The fraction of sp³-hybridized carbons (Fsp3) is 0.250. The van der Waals surface area contributed by atoms with E-state index in [1.165, 1.54) is 12.1 Å². The molecule has 0 unspecified atom stereocenters. The first kappa shape index (κ1) is 12.3. The summed E-state index contributed by atoms with van der Waals surface area (Å²) in [5, 5.41) is 0. The topological polar surface area (TPSA) is 52.0 Å². The number of hydrogen-bond donors (Lipinski definition) is 1. The minimum atomic E-state index is -0.288. The Bertz CT molecular complexity index is 513. The van der Waals surface area contributed by atoms with Gasteiger partial charge in [0.05, 0.1) is 6.20 Å². The largest absolute Gasteiger partial charge is 0.441 e. The van der Waals surface area contributed by atoms with E-state index < -0.39 is 0 Å². The number of halogens is 2. The zero-order chi connectivity index (χ0) is 12.3. The fourth-order valence-corrected chi connectivity index (χ4v) is 2.04. The molecule has 0 aliphatic carbocycles. The summed E-state index contributed by atoms with van der Waals surface area (Å²) < 4.78 is 19.2. The van der Waals surface area contributed by atoms with Gasteiger partial charge in [-0.1, -0.05) is 0 Å². The minimum Gasteiger partial charge on any atom is -0.441 e. The van der Waals surface area contributed by atoms with Crippen LogP contribution in [0.3, 0.4) is 0 Å². The number of hydrogen-bond acceptors (Lipinski definition) is 3. The SMILES string of the molecule is NCCCc1ncc(-c2ccc(F)cc2Br)o1. The molecule has 2 rings (SSSR count). The Hall–Kier alpha value is -1.20. The van der Waals surface area contributed by atoms with Crippen LogP contribution in [0.25, 0.3) is 11.3 Å². The predicted molar refractivity (Wildman–Crippen MR) is 67.0 cm³/mol. The Kier molecular flexibility index (Phi) is 3.91. The molecule has 2 N–H and O–H groups in total. The van der Waals surface area contributed by atoms with Crippen LogP contribution in [0.2, 0.25) is 0 Å². The maximum Gasteiger partial charge on any atom is 0.194 e. The van der Waals surface area contributed by atoms with Crippen molar-refractivity contribution >= 4 is 15.9 Å². The lowest BCUT2D eigenvalue weighted by Crippen LogP contribution is -2.00. The molecule has 2 aromatic rings. The summed E-state index contributed by atoms with van der Waals surface area (Å²) in [5.74, 6) is 0.995. The third kappa shape index (κ3) is 2.92. The first-order valence-electron chi connectivity index (χ1n) is 5.31. The van der Waals surface area contributed by atoms with Crippen LogP contribution in [0.1, 0.15) is 12.3 Å². The second-order valence-corrected chi connectivity index (χ2v) is 4.49. The zero-order valence-corrected chi connectivity index (χ0v) is 10.7. The normalized spacial score (nSPS) is 10.8. The van der Waals surface area contributed by atoms with Crippen LogP contribution in [0, 0.1) is 5.82 Å². The molecule has 5 heteroatoms. The highest BCUT2D eigenvalue weighted by Crippen LogP contribution is 2.29. The molecule has 0 atom stereocenters. The molecule has 1 aromatic carbocycles. The Morgan fingerprint density at radius 3 is 2.94 bits per heavy atom. The van der Waals surface area contributed by atoms with Crippen LogP contribution in [-0.2, 0) is 6.42 Å². The molecular weight excluding hydrogens is 287 g/mol. The Labute approximate surface area is 107 Å². The van der Waals surface area contributed by atoms with Gasteiger partial charge in [0.15, 0.2) is 11.7 Å². The Morgan fingerprint density at radius 1 is 1.41 bits per heavy atom. The second-order valence-electron chi connectivity index (χ2n) is 3.63. The van der Waals surface area contributed by atoms with Crippen molar-refractivity contribution in [2.45, 2.75) is 12.8 Å². The molecule has 1 aromatic heterocycles. The number of rotatable bonds is 4. The van der Waals surface area contributed by atoms with E-state index in [-0.39, 0.29) is 5.82 Å². The molecule has 3 nitrogen and oxygen atoms in total. The van der Waals surface area contributed by atoms with Gasteiger partial charge in [-0.3, -0.25) is 0 Å². The maximum atomic E-state index is 12.9. The van der Waals surface area contributed by atoms with Gasteiger partial charge in [-0.2, -0.15) is 0 Å². The molecule has 17 heavy (non-hydrogen) atoms. The first-order valence-corrected chi connectivity index (χ1v) is 6.10. The van der Waals surface area contributed by atoms with E-state index in [4.69, 9.17) is 10.2 Å². The van der Waals surface area contributed by atoms with Crippen molar-refractivity contribution in [1.29, 1.82) is 0 Å². The summed E-state index contributed by atoms with van der Waals surface area (Å²) in [7, 11) is 0. The fourth-order valence-electron chi connectivity index (χ4n) is 1.49. The molecule has 0 radical (unpaired) electrons. The summed E-state index contributed by atoms with van der Waals surface area (Å²) in [6.45, 7) is 0.609. The minimum absolute atomic E-state index is 0.288. The van der Waals surface area contributed by atoms with Crippen molar-refractivity contribution in [2.24, 2.45) is 5.73 Å². The van der Waals surface area contributed by atoms with Crippen LogP contribution >= 0.6 is 15.9 Å². The highest BCUT2D eigenvalue weighted by Gasteiger charge is 2.10. The summed E-state index contributed by atoms with van der Waals surface area (Å²) in [6, 6.07) is 4.45.